The maximum absolute atomic E-state index is 12.7. The van der Waals surface area contributed by atoms with Crippen molar-refractivity contribution >= 4 is 17.2 Å². The number of carbonyl (C=O) groups excluding carboxylic acids is 1. The number of amides is 1. The Morgan fingerprint density at radius 1 is 1.32 bits per heavy atom. The molecule has 1 aromatic heterocycles. The Morgan fingerprint density at radius 2 is 2.05 bits per heavy atom. The van der Waals surface area contributed by atoms with Crippen LogP contribution in [0.4, 0.5) is 0 Å². The molecule has 1 aromatic rings. The Hall–Kier alpha value is -1.10. The van der Waals surface area contributed by atoms with Crippen LogP contribution in [0.15, 0.2) is 10.2 Å². The number of nitrogens with zero attached hydrogens (tertiary/aromatic N) is 2. The zero-order chi connectivity index (χ0) is 16.3. The second kappa shape index (κ2) is 6.99. The smallest absolute Gasteiger partial charge is 0.307 e. The molecule has 5 heteroatoms. The van der Waals surface area contributed by atoms with E-state index in [0.29, 0.717) is 19.0 Å². The lowest BCUT2D eigenvalue weighted by Crippen LogP contribution is -2.47. The summed E-state index contributed by atoms with van der Waals surface area (Å²) in [4.78, 5) is 26.6. The molecule has 124 valence electrons. The number of hydrogen-bond donors (Lipinski definition) is 0. The topological polar surface area (TPSA) is 42.3 Å². The summed E-state index contributed by atoms with van der Waals surface area (Å²) in [5.41, 5.74) is 1.06. The maximum Gasteiger partial charge on any atom is 0.307 e. The van der Waals surface area contributed by atoms with E-state index in [1.54, 1.807) is 4.57 Å². The molecule has 2 heterocycles. The van der Waals surface area contributed by atoms with E-state index in [9.17, 15) is 9.59 Å². The molecule has 1 amide bonds. The van der Waals surface area contributed by atoms with Gasteiger partial charge < -0.3 is 9.47 Å². The molecule has 1 atom stereocenters. The average Bonchev–Trinajstić information content (AvgIpc) is 2.67. The van der Waals surface area contributed by atoms with E-state index in [1.165, 1.54) is 24.2 Å². The van der Waals surface area contributed by atoms with Crippen LogP contribution in [0.25, 0.3) is 0 Å². The lowest BCUT2D eigenvalue weighted by atomic mass is 9.83. The molecule has 1 saturated heterocycles. The molecule has 0 bridgehead atoms. The normalized spacial score (nSPS) is 20.0. The molecule has 0 unspecified atom stereocenters. The van der Waals surface area contributed by atoms with Crippen molar-refractivity contribution in [2.24, 2.45) is 5.41 Å². The summed E-state index contributed by atoms with van der Waals surface area (Å²) in [6.45, 7) is 9.94. The largest absolute Gasteiger partial charge is 0.339 e. The van der Waals surface area contributed by atoms with Crippen molar-refractivity contribution in [3.8, 4) is 0 Å². The van der Waals surface area contributed by atoms with Crippen LogP contribution in [0.5, 0.6) is 0 Å². The van der Waals surface area contributed by atoms with Gasteiger partial charge in [0.05, 0.1) is 0 Å². The number of aryl methyl sites for hydroxylation is 1. The first-order valence-electron chi connectivity index (χ1n) is 8.25. The van der Waals surface area contributed by atoms with Crippen LogP contribution in [0.2, 0.25) is 0 Å². The minimum absolute atomic E-state index is 0.0357. The van der Waals surface area contributed by atoms with E-state index < -0.39 is 0 Å². The van der Waals surface area contributed by atoms with E-state index in [0.717, 1.165) is 25.1 Å². The zero-order valence-corrected chi connectivity index (χ0v) is 15.0. The van der Waals surface area contributed by atoms with Crippen molar-refractivity contribution in [2.45, 2.75) is 72.4 Å². The van der Waals surface area contributed by atoms with Crippen LogP contribution < -0.4 is 4.87 Å². The van der Waals surface area contributed by atoms with E-state index in [4.69, 9.17) is 0 Å². The van der Waals surface area contributed by atoms with Crippen molar-refractivity contribution in [2.75, 3.05) is 6.54 Å². The lowest BCUT2D eigenvalue weighted by Gasteiger charge is -2.39. The fraction of sp³-hybridized carbons (Fsp3) is 0.765. The van der Waals surface area contributed by atoms with Crippen molar-refractivity contribution < 1.29 is 4.79 Å². The Balaban J connectivity index is 2.07. The van der Waals surface area contributed by atoms with Gasteiger partial charge in [-0.1, -0.05) is 44.9 Å². The summed E-state index contributed by atoms with van der Waals surface area (Å²) in [6.07, 6.45) is 5.01. The zero-order valence-electron chi connectivity index (χ0n) is 14.2. The Labute approximate surface area is 137 Å². The van der Waals surface area contributed by atoms with Gasteiger partial charge in [0, 0.05) is 36.6 Å². The number of thiazole rings is 1. The number of hydrogen-bond acceptors (Lipinski definition) is 3. The average molecular weight is 324 g/mol. The third kappa shape index (κ3) is 4.00. The molecule has 1 aliphatic rings. The van der Waals surface area contributed by atoms with Gasteiger partial charge in [-0.15, -0.1) is 0 Å². The van der Waals surface area contributed by atoms with Crippen molar-refractivity contribution in [1.82, 2.24) is 9.47 Å². The molecular formula is C17H28N2O2S. The van der Waals surface area contributed by atoms with Gasteiger partial charge in [0.2, 0.25) is 5.91 Å². The third-order valence-electron chi connectivity index (χ3n) is 4.60. The highest BCUT2D eigenvalue weighted by Crippen LogP contribution is 2.31. The summed E-state index contributed by atoms with van der Waals surface area (Å²) >= 11 is 1.21. The van der Waals surface area contributed by atoms with E-state index in [-0.39, 0.29) is 16.2 Å². The highest BCUT2D eigenvalue weighted by Gasteiger charge is 2.33. The van der Waals surface area contributed by atoms with E-state index in [2.05, 4.69) is 25.7 Å². The van der Waals surface area contributed by atoms with Crippen LogP contribution in [0.3, 0.4) is 0 Å². The Bertz CT molecular complexity index is 568. The van der Waals surface area contributed by atoms with Gasteiger partial charge in [-0.3, -0.25) is 9.59 Å². The molecule has 0 aliphatic carbocycles. The predicted molar refractivity (Wildman–Crippen MR) is 91.4 cm³/mol. The first-order valence-corrected chi connectivity index (χ1v) is 9.13. The molecule has 2 rings (SSSR count). The summed E-state index contributed by atoms with van der Waals surface area (Å²) in [7, 11) is 0. The fourth-order valence-electron chi connectivity index (χ4n) is 3.33. The first-order chi connectivity index (χ1) is 10.3. The van der Waals surface area contributed by atoms with Gasteiger partial charge in [-0.25, -0.2) is 0 Å². The number of likely N-dealkylation sites (tertiary alicyclic amines) is 1. The number of aromatic nitrogens is 1. The summed E-state index contributed by atoms with van der Waals surface area (Å²) in [5, 5.41) is 1.86. The molecule has 0 spiro atoms. The minimum atomic E-state index is 0.0357. The molecule has 0 aromatic carbocycles. The second-order valence-electron chi connectivity index (χ2n) is 7.36. The minimum Gasteiger partial charge on any atom is -0.339 e. The number of rotatable bonds is 3. The highest BCUT2D eigenvalue weighted by atomic mass is 32.1. The van der Waals surface area contributed by atoms with Crippen molar-refractivity contribution in [1.29, 1.82) is 0 Å². The maximum atomic E-state index is 12.7. The van der Waals surface area contributed by atoms with E-state index >= 15 is 0 Å². The lowest BCUT2D eigenvalue weighted by molar-refractivity contribution is -0.136. The van der Waals surface area contributed by atoms with Crippen LogP contribution in [0, 0.1) is 12.3 Å². The van der Waals surface area contributed by atoms with Gasteiger partial charge in [-0.2, -0.15) is 0 Å². The molecule has 0 saturated carbocycles. The Kier molecular flexibility index (Phi) is 5.48. The number of carbonyl (C=O) groups is 1. The molecular weight excluding hydrogens is 296 g/mol. The van der Waals surface area contributed by atoms with Gasteiger partial charge in [0.25, 0.3) is 0 Å². The van der Waals surface area contributed by atoms with Crippen LogP contribution in [-0.2, 0) is 11.3 Å². The molecule has 1 fully saturated rings. The van der Waals surface area contributed by atoms with E-state index in [1.807, 2.05) is 12.3 Å². The van der Waals surface area contributed by atoms with Crippen LogP contribution in [-0.4, -0.2) is 28.0 Å². The predicted octanol–water partition coefficient (Wildman–Crippen LogP) is 3.43. The monoisotopic (exact) mass is 324 g/mol. The summed E-state index contributed by atoms with van der Waals surface area (Å²) in [5.74, 6) is 0.194. The SMILES string of the molecule is Cc1csc(=O)n1CCC(=O)N1CCCCC[C@H]1C(C)(C)C. The second-order valence-corrected chi connectivity index (χ2v) is 8.18. The standard InChI is InChI=1S/C17H28N2O2S/c1-13-12-22-16(21)18(13)11-9-15(20)19-10-7-5-6-8-14(19)17(2,3)4/h12,14H,5-11H2,1-4H3/t14-/m0/s1. The van der Waals surface area contributed by atoms with Crippen molar-refractivity contribution in [3.05, 3.63) is 20.7 Å². The molecule has 1 aliphatic heterocycles. The van der Waals surface area contributed by atoms with Crippen molar-refractivity contribution in [3.63, 3.8) is 0 Å². The van der Waals surface area contributed by atoms with Gasteiger partial charge >= 0.3 is 4.87 Å². The highest BCUT2D eigenvalue weighted by molar-refractivity contribution is 7.07. The molecule has 4 nitrogen and oxygen atoms in total. The van der Waals surface area contributed by atoms with Gasteiger partial charge in [0.1, 0.15) is 0 Å². The molecule has 0 radical (unpaired) electrons. The first kappa shape index (κ1) is 17.3. The van der Waals surface area contributed by atoms with Gasteiger partial charge in [-0.05, 0) is 25.2 Å². The molecule has 0 N–H and O–H groups in total. The third-order valence-corrected chi connectivity index (χ3v) is 5.48. The van der Waals surface area contributed by atoms with Crippen LogP contribution in [0.1, 0.15) is 58.6 Å². The van der Waals surface area contributed by atoms with Crippen LogP contribution >= 0.6 is 11.3 Å². The quantitative estimate of drug-likeness (QED) is 0.855. The fourth-order valence-corrected chi connectivity index (χ4v) is 4.09. The molecule has 22 heavy (non-hydrogen) atoms. The van der Waals surface area contributed by atoms with Gasteiger partial charge in [0.15, 0.2) is 0 Å². The summed E-state index contributed by atoms with van der Waals surface area (Å²) < 4.78 is 1.71. The summed E-state index contributed by atoms with van der Waals surface area (Å²) in [6, 6.07) is 0.308. The Morgan fingerprint density at radius 3 is 2.64 bits per heavy atom.